The first-order valence-corrected chi connectivity index (χ1v) is 9.43. The van der Waals surface area contributed by atoms with Crippen LogP contribution in [-0.2, 0) is 9.22 Å². The monoisotopic (exact) mass is 300 g/mol. The zero-order valence-electron chi connectivity index (χ0n) is 14.5. The Hall–Kier alpha value is -0.313. The van der Waals surface area contributed by atoms with Gasteiger partial charge in [0.15, 0.2) is 0 Å². The van der Waals surface area contributed by atoms with Crippen molar-refractivity contribution in [1.82, 2.24) is 0 Å². The van der Waals surface area contributed by atoms with Crippen LogP contribution in [0.1, 0.15) is 91.9 Å². The largest absolute Gasteiger partial charge is 0.528 e. The third-order valence-corrected chi connectivity index (χ3v) is 5.15. The third-order valence-electron chi connectivity index (χ3n) is 4.78. The Balaban J connectivity index is 4.39. The number of carbonyl (C=O) groups is 1. The fourth-order valence-electron chi connectivity index (χ4n) is 2.90. The van der Waals surface area contributed by atoms with Crippen molar-refractivity contribution in [3.05, 3.63) is 0 Å². The summed E-state index contributed by atoms with van der Waals surface area (Å²) >= 11 is 0. The van der Waals surface area contributed by atoms with Crippen LogP contribution in [0.2, 0.25) is 0 Å². The molecule has 2 atom stereocenters. The van der Waals surface area contributed by atoms with Crippen LogP contribution in [0.5, 0.6) is 0 Å². The van der Waals surface area contributed by atoms with Gasteiger partial charge in [0.2, 0.25) is 10.5 Å². The normalized spacial score (nSPS) is 15.8. The van der Waals surface area contributed by atoms with Gasteiger partial charge in [-0.2, -0.15) is 0 Å². The summed E-state index contributed by atoms with van der Waals surface area (Å²) in [6, 6.07) is 0. The maximum absolute atomic E-state index is 12.2. The van der Waals surface area contributed by atoms with Crippen LogP contribution in [-0.4, -0.2) is 16.5 Å². The molecule has 0 N–H and O–H groups in total. The maximum atomic E-state index is 12.2. The van der Waals surface area contributed by atoms with E-state index in [0.717, 1.165) is 19.3 Å². The fourth-order valence-corrected chi connectivity index (χ4v) is 3.36. The van der Waals surface area contributed by atoms with Gasteiger partial charge in [0.1, 0.15) is 0 Å². The smallest absolute Gasteiger partial charge is 0.298 e. The lowest BCUT2D eigenvalue weighted by Gasteiger charge is -2.33. The molecule has 3 heteroatoms. The van der Waals surface area contributed by atoms with E-state index in [0.29, 0.717) is 16.4 Å². The molecule has 0 amide bonds. The average Bonchev–Trinajstić information content (AvgIpc) is 2.46. The van der Waals surface area contributed by atoms with E-state index in [2.05, 4.69) is 27.7 Å². The van der Waals surface area contributed by atoms with Gasteiger partial charge >= 0.3 is 0 Å². The van der Waals surface area contributed by atoms with E-state index in [1.165, 1.54) is 44.9 Å². The summed E-state index contributed by atoms with van der Waals surface area (Å²) in [6.45, 7) is 8.83. The highest BCUT2D eigenvalue weighted by atomic mass is 28.2. The topological polar surface area (TPSA) is 26.3 Å². The third kappa shape index (κ3) is 6.92. The molecule has 2 nitrogen and oxygen atoms in total. The molecule has 0 heterocycles. The first-order valence-electron chi connectivity index (χ1n) is 8.61. The predicted octanol–water partition coefficient (Wildman–Crippen LogP) is 4.39. The highest BCUT2D eigenvalue weighted by Gasteiger charge is 2.38. The second kappa shape index (κ2) is 11.4. The van der Waals surface area contributed by atoms with Crippen molar-refractivity contribution in [1.29, 1.82) is 0 Å². The van der Waals surface area contributed by atoms with Gasteiger partial charge in [-0.25, -0.2) is 0 Å². The van der Waals surface area contributed by atoms with E-state index < -0.39 is 0 Å². The van der Waals surface area contributed by atoms with Crippen molar-refractivity contribution in [3.63, 3.8) is 0 Å². The minimum atomic E-state index is -0.262. The molecular formula is C17H36O2Si. The van der Waals surface area contributed by atoms with Crippen molar-refractivity contribution in [3.8, 4) is 0 Å². The Bertz CT molecular complexity index is 255. The molecule has 0 aromatic heterocycles. The lowest BCUT2D eigenvalue weighted by molar-refractivity contribution is -0.148. The number of carbonyl (C=O) groups excluding carboxylic acids is 1. The van der Waals surface area contributed by atoms with Crippen molar-refractivity contribution in [2.75, 3.05) is 0 Å². The molecule has 20 heavy (non-hydrogen) atoms. The second-order valence-corrected chi connectivity index (χ2v) is 6.88. The van der Waals surface area contributed by atoms with E-state index >= 15 is 0 Å². The number of hydrogen-bond acceptors (Lipinski definition) is 2. The Kier molecular flexibility index (Phi) is 11.2. The summed E-state index contributed by atoms with van der Waals surface area (Å²) in [5.41, 5.74) is -0.262. The van der Waals surface area contributed by atoms with Crippen LogP contribution >= 0.6 is 0 Å². The average molecular weight is 301 g/mol. The fraction of sp³-hybridized carbons (Fsp3) is 0.941. The molecular weight excluding hydrogens is 264 g/mol. The van der Waals surface area contributed by atoms with Gasteiger partial charge in [-0.1, -0.05) is 72.1 Å². The molecule has 0 saturated heterocycles. The first kappa shape index (κ1) is 19.7. The van der Waals surface area contributed by atoms with Gasteiger partial charge in [0.05, 0.1) is 5.41 Å². The highest BCUT2D eigenvalue weighted by molar-refractivity contribution is 6.06. The molecule has 0 aliphatic rings. The van der Waals surface area contributed by atoms with Gasteiger partial charge in [0, 0.05) is 0 Å². The predicted molar refractivity (Wildman–Crippen MR) is 90.8 cm³/mol. The van der Waals surface area contributed by atoms with Crippen molar-refractivity contribution < 1.29 is 9.22 Å². The summed E-state index contributed by atoms with van der Waals surface area (Å²) < 4.78 is 5.22. The van der Waals surface area contributed by atoms with E-state index in [1.54, 1.807) is 0 Å². The number of unbranched alkanes of at least 4 members (excludes halogenated alkanes) is 6. The highest BCUT2D eigenvalue weighted by Crippen LogP contribution is 2.37. The Morgan fingerprint density at radius 3 is 2.10 bits per heavy atom. The summed E-state index contributed by atoms with van der Waals surface area (Å²) in [5, 5.41) is 0. The van der Waals surface area contributed by atoms with Gasteiger partial charge in [0.25, 0.3) is 5.97 Å². The molecule has 0 spiro atoms. The van der Waals surface area contributed by atoms with Crippen LogP contribution in [0.25, 0.3) is 0 Å². The van der Waals surface area contributed by atoms with E-state index in [9.17, 15) is 4.79 Å². The number of hydrogen-bond donors (Lipinski definition) is 0. The summed E-state index contributed by atoms with van der Waals surface area (Å²) in [7, 11) is 0.516. The first-order chi connectivity index (χ1) is 9.52. The summed E-state index contributed by atoms with van der Waals surface area (Å²) in [6.07, 6.45) is 12.2. The molecule has 0 aromatic rings. The van der Waals surface area contributed by atoms with Crippen LogP contribution in [0.15, 0.2) is 0 Å². The number of rotatable bonds is 12. The summed E-state index contributed by atoms with van der Waals surface area (Å²) in [4.78, 5) is 12.2. The van der Waals surface area contributed by atoms with Gasteiger partial charge in [-0.3, -0.25) is 4.79 Å². The molecule has 0 bridgehead atoms. The molecule has 0 fully saturated rings. The molecule has 0 aliphatic heterocycles. The quantitative estimate of drug-likeness (QED) is 0.394. The van der Waals surface area contributed by atoms with Crippen molar-refractivity contribution in [2.24, 2.45) is 11.3 Å². The SMILES string of the molecule is CCCCCCC(C)C(C)(CCCCCC)C(=O)O[SiH3]. The van der Waals surface area contributed by atoms with Crippen molar-refractivity contribution >= 4 is 16.5 Å². The molecule has 0 rings (SSSR count). The minimum absolute atomic E-state index is 0.0451. The summed E-state index contributed by atoms with van der Waals surface area (Å²) in [5.74, 6) is 0.478. The van der Waals surface area contributed by atoms with E-state index in [1.807, 2.05) is 0 Å². The Morgan fingerprint density at radius 1 is 1.05 bits per heavy atom. The lowest BCUT2D eigenvalue weighted by atomic mass is 9.72. The second-order valence-electron chi connectivity index (χ2n) is 6.47. The van der Waals surface area contributed by atoms with Crippen LogP contribution in [0.4, 0.5) is 0 Å². The molecule has 2 unspecified atom stereocenters. The minimum Gasteiger partial charge on any atom is -0.528 e. The van der Waals surface area contributed by atoms with Gasteiger partial charge < -0.3 is 4.43 Å². The standard InChI is InChI=1S/C17H36O2Si/c1-5-7-9-11-13-15(3)17(4,16(18)19-20)14-12-10-8-6-2/h15H,5-14H2,1-4,20H3. The van der Waals surface area contributed by atoms with Crippen LogP contribution < -0.4 is 0 Å². The lowest BCUT2D eigenvalue weighted by Crippen LogP contribution is -2.36. The van der Waals surface area contributed by atoms with Gasteiger partial charge in [-0.05, 0) is 25.7 Å². The van der Waals surface area contributed by atoms with E-state index in [4.69, 9.17) is 4.43 Å². The Labute approximate surface area is 129 Å². The molecule has 0 aliphatic carbocycles. The zero-order chi connectivity index (χ0) is 15.4. The van der Waals surface area contributed by atoms with Crippen LogP contribution in [0.3, 0.4) is 0 Å². The van der Waals surface area contributed by atoms with Crippen molar-refractivity contribution in [2.45, 2.75) is 91.9 Å². The maximum Gasteiger partial charge on any atom is 0.298 e. The molecule has 120 valence electrons. The van der Waals surface area contributed by atoms with Gasteiger partial charge in [-0.15, -0.1) is 0 Å². The zero-order valence-corrected chi connectivity index (χ0v) is 16.5. The molecule has 0 saturated carbocycles. The van der Waals surface area contributed by atoms with Crippen LogP contribution in [0, 0.1) is 11.3 Å². The molecule has 0 aromatic carbocycles. The van der Waals surface area contributed by atoms with E-state index in [-0.39, 0.29) is 11.4 Å². The Morgan fingerprint density at radius 2 is 1.60 bits per heavy atom. The molecule has 0 radical (unpaired) electrons.